The number of carbonyl (C=O) groups is 1. The van der Waals surface area contributed by atoms with Crippen LogP contribution in [0.5, 0.6) is 0 Å². The number of rotatable bonds is 14. The molecule has 0 aromatic carbocycles. The number of aliphatic hydroxyl groups is 2. The summed E-state index contributed by atoms with van der Waals surface area (Å²) < 4.78 is 0. The lowest BCUT2D eigenvalue weighted by Gasteiger charge is -2.17. The summed E-state index contributed by atoms with van der Waals surface area (Å²) in [5.74, 6) is -0.655. The van der Waals surface area contributed by atoms with Crippen molar-refractivity contribution in [2.45, 2.75) is 110 Å². The second-order valence-electron chi connectivity index (χ2n) is 7.96. The summed E-state index contributed by atoms with van der Waals surface area (Å²) in [6.45, 7) is 4.10. The third-order valence-electron chi connectivity index (χ3n) is 5.87. The highest BCUT2D eigenvalue weighted by Gasteiger charge is 2.29. The molecule has 1 aliphatic rings. The maximum atomic E-state index is 11.0. The Morgan fingerprint density at radius 1 is 1.15 bits per heavy atom. The van der Waals surface area contributed by atoms with Crippen LogP contribution in [-0.4, -0.2) is 33.5 Å². The van der Waals surface area contributed by atoms with Crippen molar-refractivity contribution in [1.29, 1.82) is 0 Å². The van der Waals surface area contributed by atoms with Crippen LogP contribution in [-0.2, 0) is 4.79 Å². The molecule has 0 heterocycles. The number of aliphatic hydroxyl groups excluding tert-OH is 2. The molecule has 0 spiro atoms. The van der Waals surface area contributed by atoms with Gasteiger partial charge in [0.15, 0.2) is 0 Å². The summed E-state index contributed by atoms with van der Waals surface area (Å²) in [6, 6.07) is 0. The van der Waals surface area contributed by atoms with Crippen LogP contribution in [0.15, 0.2) is 11.6 Å². The zero-order valence-electron chi connectivity index (χ0n) is 16.8. The van der Waals surface area contributed by atoms with Crippen molar-refractivity contribution in [2.75, 3.05) is 0 Å². The summed E-state index contributed by atoms with van der Waals surface area (Å²) in [6.07, 6.45) is 13.9. The minimum absolute atomic E-state index is 0.211. The maximum Gasteiger partial charge on any atom is 0.306 e. The third kappa shape index (κ3) is 8.68. The molecule has 0 saturated heterocycles. The van der Waals surface area contributed by atoms with Crippen LogP contribution in [0.1, 0.15) is 97.3 Å². The summed E-state index contributed by atoms with van der Waals surface area (Å²) >= 11 is 0. The standard InChI is InChI=1S/C22H40O4/c1-3-5-7-11-19(23)15-13-18-14-16-21(24)20(18)12-9-6-8-10-17(4-2)22(25)26/h13,17,19-21,23-24H,3-12,14-16H2,1-2H3,(H,25,26)/t17?,19?,20-,21+/m1/s1. The molecule has 1 saturated carbocycles. The van der Waals surface area contributed by atoms with Crippen molar-refractivity contribution in [2.24, 2.45) is 11.8 Å². The van der Waals surface area contributed by atoms with E-state index >= 15 is 0 Å². The van der Waals surface area contributed by atoms with Gasteiger partial charge < -0.3 is 15.3 Å². The lowest BCUT2D eigenvalue weighted by atomic mass is 9.91. The van der Waals surface area contributed by atoms with Gasteiger partial charge in [-0.3, -0.25) is 4.79 Å². The highest BCUT2D eigenvalue weighted by molar-refractivity contribution is 5.69. The van der Waals surface area contributed by atoms with Gasteiger partial charge in [-0.2, -0.15) is 0 Å². The summed E-state index contributed by atoms with van der Waals surface area (Å²) in [5, 5.41) is 29.5. The Morgan fingerprint density at radius 2 is 1.88 bits per heavy atom. The molecule has 0 aliphatic heterocycles. The molecule has 1 aliphatic carbocycles. The van der Waals surface area contributed by atoms with Gasteiger partial charge in [0.2, 0.25) is 0 Å². The van der Waals surface area contributed by atoms with E-state index in [1.807, 2.05) is 6.92 Å². The fraction of sp³-hybridized carbons (Fsp3) is 0.864. The van der Waals surface area contributed by atoms with Gasteiger partial charge in [-0.05, 0) is 44.9 Å². The Hall–Kier alpha value is -0.870. The van der Waals surface area contributed by atoms with E-state index in [1.165, 1.54) is 18.4 Å². The highest BCUT2D eigenvalue weighted by atomic mass is 16.4. The van der Waals surface area contributed by atoms with E-state index in [0.717, 1.165) is 57.8 Å². The van der Waals surface area contributed by atoms with E-state index in [0.29, 0.717) is 12.8 Å². The van der Waals surface area contributed by atoms with Crippen molar-refractivity contribution in [3.8, 4) is 0 Å². The highest BCUT2D eigenvalue weighted by Crippen LogP contribution is 2.36. The number of aliphatic carboxylic acids is 1. The number of hydrogen-bond donors (Lipinski definition) is 3. The first-order valence-corrected chi connectivity index (χ1v) is 10.8. The summed E-state index contributed by atoms with van der Waals surface area (Å²) in [7, 11) is 0. The van der Waals surface area contributed by atoms with E-state index in [-0.39, 0.29) is 24.0 Å². The Kier molecular flexibility index (Phi) is 11.9. The van der Waals surface area contributed by atoms with E-state index < -0.39 is 5.97 Å². The Morgan fingerprint density at radius 3 is 2.54 bits per heavy atom. The fourth-order valence-electron chi connectivity index (χ4n) is 4.05. The van der Waals surface area contributed by atoms with Crippen LogP contribution in [0.4, 0.5) is 0 Å². The van der Waals surface area contributed by atoms with E-state index in [9.17, 15) is 15.0 Å². The van der Waals surface area contributed by atoms with E-state index in [1.54, 1.807) is 0 Å². The molecule has 0 bridgehead atoms. The van der Waals surface area contributed by atoms with Gasteiger partial charge in [0.25, 0.3) is 0 Å². The third-order valence-corrected chi connectivity index (χ3v) is 5.87. The smallest absolute Gasteiger partial charge is 0.306 e. The van der Waals surface area contributed by atoms with Gasteiger partial charge in [0.1, 0.15) is 0 Å². The average molecular weight is 369 g/mol. The second-order valence-corrected chi connectivity index (χ2v) is 7.96. The molecule has 1 fully saturated rings. The first-order valence-electron chi connectivity index (χ1n) is 10.8. The molecule has 4 nitrogen and oxygen atoms in total. The lowest BCUT2D eigenvalue weighted by Crippen LogP contribution is -2.15. The lowest BCUT2D eigenvalue weighted by molar-refractivity contribution is -0.142. The number of carboxylic acids is 1. The summed E-state index contributed by atoms with van der Waals surface area (Å²) in [5.41, 5.74) is 1.32. The second kappa shape index (κ2) is 13.3. The molecule has 0 aromatic heterocycles. The van der Waals surface area contributed by atoms with Gasteiger partial charge in [0.05, 0.1) is 18.1 Å². The monoisotopic (exact) mass is 368 g/mol. The van der Waals surface area contributed by atoms with Crippen molar-refractivity contribution in [3.63, 3.8) is 0 Å². The zero-order chi connectivity index (χ0) is 19.4. The molecule has 152 valence electrons. The molecule has 3 N–H and O–H groups in total. The molecule has 0 amide bonds. The molecule has 4 atom stereocenters. The van der Waals surface area contributed by atoms with E-state index in [4.69, 9.17) is 5.11 Å². The quantitative estimate of drug-likeness (QED) is 0.295. The first kappa shape index (κ1) is 23.2. The van der Waals surface area contributed by atoms with Gasteiger partial charge in [-0.1, -0.05) is 64.0 Å². The minimum Gasteiger partial charge on any atom is -0.481 e. The number of hydrogen-bond acceptors (Lipinski definition) is 3. The normalized spacial score (nSPS) is 24.1. The zero-order valence-corrected chi connectivity index (χ0v) is 16.8. The van der Waals surface area contributed by atoms with Crippen molar-refractivity contribution in [1.82, 2.24) is 0 Å². The Balaban J connectivity index is 2.32. The van der Waals surface area contributed by atoms with Crippen LogP contribution in [0.3, 0.4) is 0 Å². The van der Waals surface area contributed by atoms with Gasteiger partial charge in [-0.25, -0.2) is 0 Å². The molecule has 4 heteroatoms. The molecule has 1 rings (SSSR count). The molecule has 0 radical (unpaired) electrons. The number of unbranched alkanes of at least 4 members (excludes halogenated alkanes) is 4. The van der Waals surface area contributed by atoms with Gasteiger partial charge >= 0.3 is 5.97 Å². The Bertz CT molecular complexity index is 418. The van der Waals surface area contributed by atoms with Gasteiger partial charge in [-0.15, -0.1) is 0 Å². The van der Waals surface area contributed by atoms with Crippen LogP contribution in [0, 0.1) is 11.8 Å². The van der Waals surface area contributed by atoms with E-state index in [2.05, 4.69) is 13.0 Å². The predicted molar refractivity (Wildman–Crippen MR) is 106 cm³/mol. The molecular formula is C22H40O4. The van der Waals surface area contributed by atoms with Gasteiger partial charge in [0, 0.05) is 5.92 Å². The van der Waals surface area contributed by atoms with Crippen molar-refractivity contribution >= 4 is 5.97 Å². The fourth-order valence-corrected chi connectivity index (χ4v) is 4.05. The SMILES string of the molecule is CCCCCC(O)CC=C1CC[C@H](O)[C@@H]1CCCCCC(CC)C(=O)O. The molecule has 26 heavy (non-hydrogen) atoms. The predicted octanol–water partition coefficient (Wildman–Crippen LogP) is 5.08. The largest absolute Gasteiger partial charge is 0.481 e. The topological polar surface area (TPSA) is 77.8 Å². The van der Waals surface area contributed by atoms with Crippen molar-refractivity contribution < 1.29 is 20.1 Å². The van der Waals surface area contributed by atoms with Crippen LogP contribution in [0.25, 0.3) is 0 Å². The molecular weight excluding hydrogens is 328 g/mol. The first-order chi connectivity index (χ1) is 12.5. The maximum absolute atomic E-state index is 11.0. The molecule has 0 aromatic rings. The Labute approximate surface area is 159 Å². The average Bonchev–Trinajstić information content (AvgIpc) is 2.96. The summed E-state index contributed by atoms with van der Waals surface area (Å²) in [4.78, 5) is 11.0. The number of carboxylic acid groups (broad SMARTS) is 1. The van der Waals surface area contributed by atoms with Crippen LogP contribution < -0.4 is 0 Å². The van der Waals surface area contributed by atoms with Crippen molar-refractivity contribution in [3.05, 3.63) is 11.6 Å². The van der Waals surface area contributed by atoms with Crippen LogP contribution in [0.2, 0.25) is 0 Å². The molecule has 2 unspecified atom stereocenters. The van der Waals surface area contributed by atoms with Crippen LogP contribution >= 0.6 is 0 Å². The minimum atomic E-state index is -0.679.